The highest BCUT2D eigenvalue weighted by molar-refractivity contribution is 6.43. The number of rotatable bonds is 13. The standard InChI is InChI=1S/C22H36BF3N4O5/c1-14(2)8-16(10-27)21(32)30-7-5-6-17(30)11-35-12-18(28-13-22(24,25)26)20(31)29-19(23(33)34)9-15(3)4/h8,14-15,17-19,28,33-34H,5-7,9,11-13H2,1-4H3,(H,29,31)/t17-,18?,19?/m1/s1. The number of amides is 2. The highest BCUT2D eigenvalue weighted by atomic mass is 19.4. The third-order valence-corrected chi connectivity index (χ3v) is 5.36. The van der Waals surface area contributed by atoms with Crippen LogP contribution in [0.4, 0.5) is 13.2 Å². The van der Waals surface area contributed by atoms with Crippen molar-refractivity contribution in [2.24, 2.45) is 11.8 Å². The van der Waals surface area contributed by atoms with Gasteiger partial charge in [0, 0.05) is 6.54 Å². The van der Waals surface area contributed by atoms with Crippen molar-refractivity contribution < 1.29 is 37.5 Å². The summed E-state index contributed by atoms with van der Waals surface area (Å²) in [6.45, 7) is 5.81. The van der Waals surface area contributed by atoms with Crippen LogP contribution in [-0.4, -0.2) is 84.4 Å². The number of allylic oxidation sites excluding steroid dienone is 1. The van der Waals surface area contributed by atoms with Gasteiger partial charge in [0.25, 0.3) is 5.91 Å². The number of nitrogens with zero attached hydrogens (tertiary/aromatic N) is 2. The zero-order valence-electron chi connectivity index (χ0n) is 20.6. The van der Waals surface area contributed by atoms with E-state index in [4.69, 9.17) is 4.74 Å². The minimum atomic E-state index is -4.57. The fourth-order valence-corrected chi connectivity index (χ4v) is 3.76. The van der Waals surface area contributed by atoms with Gasteiger partial charge in [-0.05, 0) is 31.1 Å². The number of ether oxygens (including phenoxy) is 1. The van der Waals surface area contributed by atoms with E-state index in [1.54, 1.807) is 19.9 Å². The van der Waals surface area contributed by atoms with Gasteiger partial charge in [0.1, 0.15) is 17.7 Å². The summed E-state index contributed by atoms with van der Waals surface area (Å²) in [5.41, 5.74) is 0.0229. The zero-order chi connectivity index (χ0) is 26.8. The number of hydrogen-bond donors (Lipinski definition) is 4. The second-order valence-corrected chi connectivity index (χ2v) is 9.48. The van der Waals surface area contributed by atoms with Crippen LogP contribution >= 0.6 is 0 Å². The Morgan fingerprint density at radius 3 is 2.46 bits per heavy atom. The summed E-state index contributed by atoms with van der Waals surface area (Å²) in [6, 6.07) is 0.115. The molecule has 0 bridgehead atoms. The molecule has 0 aromatic heterocycles. The Kier molecular flexibility index (Phi) is 12.7. The number of alkyl halides is 3. The average molecular weight is 504 g/mol. The molecular formula is C22H36BF3N4O5. The summed E-state index contributed by atoms with van der Waals surface area (Å²) in [7, 11) is -1.88. The number of nitrogens with one attached hydrogen (secondary N) is 2. The maximum atomic E-state index is 12.8. The molecule has 13 heteroatoms. The number of carbonyl (C=O) groups is 2. The van der Waals surface area contributed by atoms with Crippen LogP contribution in [0, 0.1) is 23.2 Å². The number of likely N-dealkylation sites (tertiary alicyclic amines) is 1. The Morgan fingerprint density at radius 1 is 1.29 bits per heavy atom. The Bertz CT molecular complexity index is 771. The van der Waals surface area contributed by atoms with Crippen LogP contribution in [0.1, 0.15) is 47.0 Å². The number of carbonyl (C=O) groups excluding carboxylic acids is 2. The minimum absolute atomic E-state index is 0.00171. The van der Waals surface area contributed by atoms with Crippen LogP contribution in [0.15, 0.2) is 11.6 Å². The van der Waals surface area contributed by atoms with Crippen molar-refractivity contribution in [3.63, 3.8) is 0 Å². The normalized spacial score (nSPS) is 18.5. The van der Waals surface area contributed by atoms with Crippen LogP contribution in [0.3, 0.4) is 0 Å². The molecule has 1 rings (SSSR count). The largest absolute Gasteiger partial charge is 0.475 e. The van der Waals surface area contributed by atoms with Crippen LogP contribution in [0.2, 0.25) is 0 Å². The molecular weight excluding hydrogens is 468 g/mol. The van der Waals surface area contributed by atoms with Gasteiger partial charge >= 0.3 is 13.3 Å². The summed E-state index contributed by atoms with van der Waals surface area (Å²) >= 11 is 0. The molecule has 1 aliphatic rings. The van der Waals surface area contributed by atoms with Crippen molar-refractivity contribution in [1.82, 2.24) is 15.5 Å². The van der Waals surface area contributed by atoms with Crippen molar-refractivity contribution in [3.8, 4) is 6.07 Å². The molecule has 4 N–H and O–H groups in total. The molecule has 2 unspecified atom stereocenters. The topological polar surface area (TPSA) is 135 Å². The first-order chi connectivity index (χ1) is 16.2. The smallest absolute Gasteiger partial charge is 0.426 e. The van der Waals surface area contributed by atoms with Crippen LogP contribution < -0.4 is 10.6 Å². The van der Waals surface area contributed by atoms with E-state index in [0.717, 1.165) is 0 Å². The predicted molar refractivity (Wildman–Crippen MR) is 124 cm³/mol. The first-order valence-corrected chi connectivity index (χ1v) is 11.7. The first kappa shape index (κ1) is 30.9. The summed E-state index contributed by atoms with van der Waals surface area (Å²) < 4.78 is 43.8. The molecule has 0 aromatic rings. The van der Waals surface area contributed by atoms with Gasteiger partial charge in [-0.3, -0.25) is 14.9 Å². The fraction of sp³-hybridized carbons (Fsp3) is 0.773. The Morgan fingerprint density at radius 2 is 1.94 bits per heavy atom. The molecule has 2 amide bonds. The molecule has 0 saturated carbocycles. The zero-order valence-corrected chi connectivity index (χ0v) is 20.6. The van der Waals surface area contributed by atoms with Gasteiger partial charge in [0.15, 0.2) is 0 Å². The number of nitriles is 1. The van der Waals surface area contributed by atoms with E-state index in [-0.39, 0.29) is 36.5 Å². The molecule has 3 atom stereocenters. The molecule has 1 aliphatic heterocycles. The van der Waals surface area contributed by atoms with Crippen LogP contribution in [0.25, 0.3) is 0 Å². The maximum Gasteiger partial charge on any atom is 0.475 e. The van der Waals surface area contributed by atoms with Gasteiger partial charge in [0.05, 0.1) is 31.7 Å². The molecule has 0 aromatic carbocycles. The quantitative estimate of drug-likeness (QED) is 0.168. The second kappa shape index (κ2) is 14.4. The summed E-state index contributed by atoms with van der Waals surface area (Å²) in [6.07, 6.45) is -1.52. The van der Waals surface area contributed by atoms with E-state index in [1.807, 2.05) is 19.9 Å². The van der Waals surface area contributed by atoms with Gasteiger partial charge in [-0.2, -0.15) is 18.4 Å². The van der Waals surface area contributed by atoms with Crippen molar-refractivity contribution in [2.45, 2.75) is 71.2 Å². The van der Waals surface area contributed by atoms with E-state index < -0.39 is 50.2 Å². The number of halogens is 3. The molecule has 0 aliphatic carbocycles. The summed E-state index contributed by atoms with van der Waals surface area (Å²) in [5.74, 6) is -2.35. The molecule has 35 heavy (non-hydrogen) atoms. The van der Waals surface area contributed by atoms with Crippen molar-refractivity contribution in [3.05, 3.63) is 11.6 Å². The third kappa shape index (κ3) is 11.4. The van der Waals surface area contributed by atoms with Gasteiger partial charge in [-0.1, -0.05) is 33.8 Å². The second-order valence-electron chi connectivity index (χ2n) is 9.48. The van der Waals surface area contributed by atoms with Gasteiger partial charge in [0.2, 0.25) is 5.91 Å². The van der Waals surface area contributed by atoms with Crippen LogP contribution in [0.5, 0.6) is 0 Å². The monoisotopic (exact) mass is 504 g/mol. The molecule has 1 fully saturated rings. The lowest BCUT2D eigenvalue weighted by Gasteiger charge is -2.27. The minimum Gasteiger partial charge on any atom is -0.426 e. The molecule has 1 saturated heterocycles. The Balaban J connectivity index is 2.83. The molecule has 0 spiro atoms. The highest BCUT2D eigenvalue weighted by Crippen LogP contribution is 2.21. The van der Waals surface area contributed by atoms with E-state index in [2.05, 4.69) is 10.6 Å². The molecule has 198 valence electrons. The van der Waals surface area contributed by atoms with Crippen molar-refractivity contribution in [2.75, 3.05) is 26.3 Å². The SMILES string of the molecule is CC(C)C=C(C#N)C(=O)N1CCC[C@@H]1COCC(NCC(F)(F)F)C(=O)NC(CC(C)C)B(O)O. The predicted octanol–water partition coefficient (Wildman–Crippen LogP) is 1.16. The Labute approximate surface area is 204 Å². The average Bonchev–Trinajstić information content (AvgIpc) is 3.20. The fourth-order valence-electron chi connectivity index (χ4n) is 3.76. The van der Waals surface area contributed by atoms with E-state index >= 15 is 0 Å². The lowest BCUT2D eigenvalue weighted by atomic mass is 9.75. The molecule has 0 radical (unpaired) electrons. The molecule has 1 heterocycles. The molecule has 9 nitrogen and oxygen atoms in total. The van der Waals surface area contributed by atoms with Crippen LogP contribution in [-0.2, 0) is 14.3 Å². The third-order valence-electron chi connectivity index (χ3n) is 5.36. The maximum absolute atomic E-state index is 12.8. The van der Waals surface area contributed by atoms with E-state index in [9.17, 15) is 38.1 Å². The highest BCUT2D eigenvalue weighted by Gasteiger charge is 2.34. The van der Waals surface area contributed by atoms with Gasteiger partial charge in [-0.15, -0.1) is 0 Å². The summed E-state index contributed by atoms with van der Waals surface area (Å²) in [4.78, 5) is 26.9. The number of hydrogen-bond acceptors (Lipinski definition) is 7. The Hall–Kier alpha value is -2.14. The van der Waals surface area contributed by atoms with E-state index in [0.29, 0.717) is 19.4 Å². The van der Waals surface area contributed by atoms with Crippen molar-refractivity contribution >= 4 is 18.9 Å². The van der Waals surface area contributed by atoms with Crippen molar-refractivity contribution in [1.29, 1.82) is 5.26 Å². The first-order valence-electron chi connectivity index (χ1n) is 11.7. The van der Waals surface area contributed by atoms with Gasteiger partial charge < -0.3 is 25.0 Å². The van der Waals surface area contributed by atoms with E-state index in [1.165, 1.54) is 4.90 Å². The lowest BCUT2D eigenvalue weighted by Crippen LogP contribution is -2.56. The summed E-state index contributed by atoms with van der Waals surface area (Å²) in [5, 5.41) is 32.8. The van der Waals surface area contributed by atoms with Gasteiger partial charge in [-0.25, -0.2) is 0 Å². The lowest BCUT2D eigenvalue weighted by molar-refractivity contribution is -0.135.